The Hall–Kier alpha value is -0.810. The number of aliphatic hydroxyl groups is 1. The van der Waals surface area contributed by atoms with Gasteiger partial charge in [-0.25, -0.2) is 0 Å². The Balaban J connectivity index is 2.07. The number of β-amino-alcohol motifs (C(OH)–C–C–N with tert-alkyl or cyclic N) is 1. The van der Waals surface area contributed by atoms with Crippen molar-refractivity contribution in [3.05, 3.63) is 33.8 Å². The summed E-state index contributed by atoms with van der Waals surface area (Å²) in [6.45, 7) is 1.11. The van der Waals surface area contributed by atoms with Gasteiger partial charge in [0.25, 0.3) is 0 Å². The number of rotatable bonds is 4. The standard InChI is InChI=1S/C14H17Cl2NO3/c1-20-14(19)12-3-2-6-17(12)8-13(18)10-5-4-9(15)7-11(10)16/h4-5,7,12-13,18H,2-3,6,8H2,1H3. The van der Waals surface area contributed by atoms with Gasteiger partial charge in [-0.15, -0.1) is 0 Å². The molecule has 1 aromatic carbocycles. The van der Waals surface area contributed by atoms with Crippen molar-refractivity contribution in [3.63, 3.8) is 0 Å². The SMILES string of the molecule is COC(=O)C1CCCN1CC(O)c1ccc(Cl)cc1Cl. The minimum Gasteiger partial charge on any atom is -0.468 e. The number of esters is 1. The van der Waals surface area contributed by atoms with Gasteiger partial charge in [0.2, 0.25) is 0 Å². The average molecular weight is 318 g/mol. The number of hydrogen-bond donors (Lipinski definition) is 1. The molecule has 4 nitrogen and oxygen atoms in total. The maximum atomic E-state index is 11.7. The lowest BCUT2D eigenvalue weighted by atomic mass is 10.1. The number of halogens is 2. The molecule has 2 atom stereocenters. The van der Waals surface area contributed by atoms with Gasteiger partial charge in [-0.1, -0.05) is 29.3 Å². The smallest absolute Gasteiger partial charge is 0.323 e. The zero-order valence-electron chi connectivity index (χ0n) is 11.2. The largest absolute Gasteiger partial charge is 0.468 e. The van der Waals surface area contributed by atoms with Crippen LogP contribution in [0, 0.1) is 0 Å². The topological polar surface area (TPSA) is 49.8 Å². The van der Waals surface area contributed by atoms with Gasteiger partial charge in [-0.3, -0.25) is 9.69 Å². The first kappa shape index (κ1) is 15.6. The molecule has 2 unspecified atom stereocenters. The number of benzene rings is 1. The van der Waals surface area contributed by atoms with Gasteiger partial charge >= 0.3 is 5.97 Å². The van der Waals surface area contributed by atoms with Crippen LogP contribution in [-0.4, -0.2) is 42.2 Å². The molecule has 1 N–H and O–H groups in total. The van der Waals surface area contributed by atoms with Gasteiger partial charge < -0.3 is 9.84 Å². The highest BCUT2D eigenvalue weighted by Gasteiger charge is 2.33. The van der Waals surface area contributed by atoms with Crippen LogP contribution in [-0.2, 0) is 9.53 Å². The van der Waals surface area contributed by atoms with Gasteiger partial charge in [0.15, 0.2) is 0 Å². The van der Waals surface area contributed by atoms with E-state index in [2.05, 4.69) is 0 Å². The van der Waals surface area contributed by atoms with E-state index in [1.54, 1.807) is 18.2 Å². The number of carbonyl (C=O) groups is 1. The van der Waals surface area contributed by atoms with E-state index in [1.807, 2.05) is 4.90 Å². The maximum absolute atomic E-state index is 11.7. The highest BCUT2D eigenvalue weighted by atomic mass is 35.5. The Morgan fingerprint density at radius 3 is 2.95 bits per heavy atom. The van der Waals surface area contributed by atoms with E-state index in [-0.39, 0.29) is 12.0 Å². The summed E-state index contributed by atoms with van der Waals surface area (Å²) in [5, 5.41) is 11.3. The van der Waals surface area contributed by atoms with Crippen molar-refractivity contribution in [2.75, 3.05) is 20.2 Å². The molecule has 0 aliphatic carbocycles. The molecule has 1 saturated heterocycles. The third-order valence-electron chi connectivity index (χ3n) is 3.57. The molecule has 0 saturated carbocycles. The third kappa shape index (κ3) is 3.44. The van der Waals surface area contributed by atoms with Crippen LogP contribution >= 0.6 is 23.2 Å². The summed E-state index contributed by atoms with van der Waals surface area (Å²) in [5.41, 5.74) is 0.617. The molecule has 6 heteroatoms. The van der Waals surface area contributed by atoms with Gasteiger partial charge in [0, 0.05) is 22.2 Å². The summed E-state index contributed by atoms with van der Waals surface area (Å²) >= 11 is 11.9. The second-order valence-electron chi connectivity index (χ2n) is 4.86. The van der Waals surface area contributed by atoms with Crippen molar-refractivity contribution < 1.29 is 14.6 Å². The monoisotopic (exact) mass is 317 g/mol. The summed E-state index contributed by atoms with van der Waals surface area (Å²) in [7, 11) is 1.38. The number of aliphatic hydroxyl groups excluding tert-OH is 1. The Morgan fingerprint density at radius 2 is 2.30 bits per heavy atom. The fraction of sp³-hybridized carbons (Fsp3) is 0.500. The fourth-order valence-corrected chi connectivity index (χ4v) is 3.07. The number of methoxy groups -OCH3 is 1. The molecule has 1 aliphatic heterocycles. The Morgan fingerprint density at radius 1 is 1.55 bits per heavy atom. The van der Waals surface area contributed by atoms with Crippen LogP contribution in [0.3, 0.4) is 0 Å². The van der Waals surface area contributed by atoms with Crippen molar-refractivity contribution in [1.82, 2.24) is 4.90 Å². The summed E-state index contributed by atoms with van der Waals surface area (Å²) in [5.74, 6) is -0.253. The van der Waals surface area contributed by atoms with E-state index >= 15 is 0 Å². The van der Waals surface area contributed by atoms with E-state index < -0.39 is 6.10 Å². The molecule has 1 fully saturated rings. The van der Waals surface area contributed by atoms with Crippen LogP contribution < -0.4 is 0 Å². The lowest BCUT2D eigenvalue weighted by molar-refractivity contribution is -0.146. The molecule has 1 aromatic rings. The molecule has 2 rings (SSSR count). The first-order valence-corrected chi connectivity index (χ1v) is 7.23. The fourth-order valence-electron chi connectivity index (χ4n) is 2.54. The van der Waals surface area contributed by atoms with Crippen molar-refractivity contribution in [2.45, 2.75) is 25.0 Å². The van der Waals surface area contributed by atoms with Gasteiger partial charge in [0.1, 0.15) is 6.04 Å². The van der Waals surface area contributed by atoms with Crippen molar-refractivity contribution >= 4 is 29.2 Å². The predicted octanol–water partition coefficient (Wildman–Crippen LogP) is 2.66. The molecular weight excluding hydrogens is 301 g/mol. The number of carbonyl (C=O) groups excluding carboxylic acids is 1. The predicted molar refractivity (Wildman–Crippen MR) is 78.0 cm³/mol. The number of nitrogens with zero attached hydrogens (tertiary/aromatic N) is 1. The van der Waals surface area contributed by atoms with E-state index in [0.717, 1.165) is 19.4 Å². The molecule has 0 bridgehead atoms. The van der Waals surface area contributed by atoms with Crippen LogP contribution in [0.1, 0.15) is 24.5 Å². The number of ether oxygens (including phenoxy) is 1. The highest BCUT2D eigenvalue weighted by Crippen LogP contribution is 2.28. The zero-order chi connectivity index (χ0) is 14.7. The molecular formula is C14H17Cl2NO3. The molecule has 0 radical (unpaired) electrons. The summed E-state index contributed by atoms with van der Waals surface area (Å²) in [6.07, 6.45) is 0.916. The Bertz CT molecular complexity index is 495. The molecule has 0 spiro atoms. The number of likely N-dealkylation sites (tertiary alicyclic amines) is 1. The minimum absolute atomic E-state index is 0.253. The number of hydrogen-bond acceptors (Lipinski definition) is 4. The normalized spacial score (nSPS) is 20.9. The van der Waals surface area contributed by atoms with Crippen LogP contribution in [0.4, 0.5) is 0 Å². The van der Waals surface area contributed by atoms with Crippen LogP contribution in [0.2, 0.25) is 10.0 Å². The van der Waals surface area contributed by atoms with E-state index in [9.17, 15) is 9.90 Å². The van der Waals surface area contributed by atoms with E-state index in [1.165, 1.54) is 7.11 Å². The quantitative estimate of drug-likeness (QED) is 0.867. The lowest BCUT2D eigenvalue weighted by Crippen LogP contribution is -2.39. The molecule has 0 amide bonds. The highest BCUT2D eigenvalue weighted by molar-refractivity contribution is 6.35. The zero-order valence-corrected chi connectivity index (χ0v) is 12.7. The third-order valence-corrected chi connectivity index (χ3v) is 4.13. The van der Waals surface area contributed by atoms with Gasteiger partial charge in [0.05, 0.1) is 13.2 Å². The van der Waals surface area contributed by atoms with E-state index in [0.29, 0.717) is 22.2 Å². The van der Waals surface area contributed by atoms with E-state index in [4.69, 9.17) is 27.9 Å². The first-order chi connectivity index (χ1) is 9.52. The minimum atomic E-state index is -0.759. The Kier molecular flexibility index (Phi) is 5.27. The molecule has 0 aromatic heterocycles. The molecule has 1 aliphatic rings. The first-order valence-electron chi connectivity index (χ1n) is 6.48. The van der Waals surface area contributed by atoms with Crippen LogP contribution in [0.5, 0.6) is 0 Å². The van der Waals surface area contributed by atoms with Gasteiger partial charge in [-0.05, 0) is 31.5 Å². The second-order valence-corrected chi connectivity index (χ2v) is 5.70. The average Bonchev–Trinajstić information content (AvgIpc) is 2.85. The molecule has 110 valence electrons. The van der Waals surface area contributed by atoms with Gasteiger partial charge in [-0.2, -0.15) is 0 Å². The maximum Gasteiger partial charge on any atom is 0.323 e. The summed E-state index contributed by atoms with van der Waals surface area (Å²) < 4.78 is 4.79. The Labute approximate surface area is 128 Å². The lowest BCUT2D eigenvalue weighted by Gasteiger charge is -2.25. The van der Waals surface area contributed by atoms with Crippen LogP contribution in [0.15, 0.2) is 18.2 Å². The van der Waals surface area contributed by atoms with Crippen LogP contribution in [0.25, 0.3) is 0 Å². The van der Waals surface area contributed by atoms with Crippen molar-refractivity contribution in [2.24, 2.45) is 0 Å². The van der Waals surface area contributed by atoms with Crippen molar-refractivity contribution in [3.8, 4) is 0 Å². The summed E-state index contributed by atoms with van der Waals surface area (Å²) in [4.78, 5) is 13.6. The summed E-state index contributed by atoms with van der Waals surface area (Å²) in [6, 6.07) is 4.72. The molecule has 1 heterocycles. The second kappa shape index (κ2) is 6.76. The molecule has 20 heavy (non-hydrogen) atoms. The van der Waals surface area contributed by atoms with Crippen molar-refractivity contribution in [1.29, 1.82) is 0 Å².